The molecule has 0 saturated carbocycles. The topological polar surface area (TPSA) is 37.3 Å². The fourth-order valence-electron chi connectivity index (χ4n) is 1.11. The van der Waals surface area contributed by atoms with E-state index in [-0.39, 0.29) is 5.56 Å². The average Bonchev–Trinajstić information content (AvgIpc) is 2.08. The number of carboxylic acid groups (broad SMARTS) is 1. The molecule has 0 aliphatic carbocycles. The third-order valence-corrected chi connectivity index (χ3v) is 2.05. The molecule has 1 aromatic carbocycles. The van der Waals surface area contributed by atoms with Crippen LogP contribution in [0.1, 0.15) is 15.9 Å². The molecule has 1 aromatic rings. The molecule has 0 spiro atoms. The van der Waals surface area contributed by atoms with Crippen LogP contribution >= 0.6 is 11.6 Å². The molecule has 0 saturated heterocycles. The van der Waals surface area contributed by atoms with Crippen molar-refractivity contribution in [3.8, 4) is 0 Å². The molecule has 0 bridgehead atoms. The molecule has 1 N–H and O–H groups in total. The van der Waals surface area contributed by atoms with Gasteiger partial charge in [0.2, 0.25) is 0 Å². The number of benzene rings is 1. The molecule has 0 unspecified atom stereocenters. The normalized spacial score (nSPS) is 9.62. The Labute approximate surface area is 81.5 Å². The van der Waals surface area contributed by atoms with Gasteiger partial charge in [-0.15, -0.1) is 6.58 Å². The quantitative estimate of drug-likeness (QED) is 0.755. The maximum Gasteiger partial charge on any atom is 0.336 e. The van der Waals surface area contributed by atoms with Crippen molar-refractivity contribution in [3.05, 3.63) is 47.0 Å². The molecule has 68 valence electrons. The second-order valence-electron chi connectivity index (χ2n) is 2.56. The third kappa shape index (κ3) is 2.10. The van der Waals surface area contributed by atoms with E-state index in [9.17, 15) is 4.79 Å². The van der Waals surface area contributed by atoms with Crippen molar-refractivity contribution in [1.82, 2.24) is 0 Å². The van der Waals surface area contributed by atoms with Gasteiger partial charge >= 0.3 is 5.97 Å². The lowest BCUT2D eigenvalue weighted by Gasteiger charge is -2.04. The summed E-state index contributed by atoms with van der Waals surface area (Å²) in [6.45, 7) is 3.55. The van der Waals surface area contributed by atoms with Crippen molar-refractivity contribution in [1.29, 1.82) is 0 Å². The number of hydrogen-bond acceptors (Lipinski definition) is 1. The molecule has 0 atom stereocenters. The summed E-state index contributed by atoms with van der Waals surface area (Å²) in [5.41, 5.74) is 0.860. The number of allylic oxidation sites excluding steroid dienone is 1. The predicted octanol–water partition coefficient (Wildman–Crippen LogP) is 2.77. The molecule has 0 radical (unpaired) electrons. The van der Waals surface area contributed by atoms with Crippen molar-refractivity contribution in [2.24, 2.45) is 0 Å². The summed E-state index contributed by atoms with van der Waals surface area (Å²) >= 11 is 5.84. The van der Waals surface area contributed by atoms with Crippen molar-refractivity contribution < 1.29 is 9.90 Å². The van der Waals surface area contributed by atoms with Crippen LogP contribution in [0, 0.1) is 0 Å². The highest BCUT2D eigenvalue weighted by molar-refractivity contribution is 6.31. The Morgan fingerprint density at radius 3 is 2.85 bits per heavy atom. The van der Waals surface area contributed by atoms with E-state index in [1.54, 1.807) is 18.2 Å². The highest BCUT2D eigenvalue weighted by Crippen LogP contribution is 2.20. The predicted molar refractivity (Wildman–Crippen MR) is 52.3 cm³/mol. The number of carbonyl (C=O) groups is 1. The lowest BCUT2D eigenvalue weighted by molar-refractivity contribution is 0.0696. The van der Waals surface area contributed by atoms with Crippen LogP contribution in [0.4, 0.5) is 0 Å². The van der Waals surface area contributed by atoms with Gasteiger partial charge in [0, 0.05) is 5.02 Å². The van der Waals surface area contributed by atoms with Crippen LogP contribution in [0.5, 0.6) is 0 Å². The van der Waals surface area contributed by atoms with Gasteiger partial charge in [-0.3, -0.25) is 0 Å². The van der Waals surface area contributed by atoms with Crippen molar-refractivity contribution in [2.75, 3.05) is 0 Å². The highest BCUT2D eigenvalue weighted by atomic mass is 35.5. The van der Waals surface area contributed by atoms with Crippen LogP contribution in [-0.2, 0) is 6.42 Å². The lowest BCUT2D eigenvalue weighted by atomic mass is 10.0. The average molecular weight is 197 g/mol. The Balaban J connectivity index is 3.24. The first-order valence-corrected chi connectivity index (χ1v) is 4.16. The molecule has 0 fully saturated rings. The van der Waals surface area contributed by atoms with Crippen molar-refractivity contribution >= 4 is 17.6 Å². The van der Waals surface area contributed by atoms with E-state index in [0.717, 1.165) is 0 Å². The van der Waals surface area contributed by atoms with Gasteiger partial charge in [-0.25, -0.2) is 4.79 Å². The fourth-order valence-corrected chi connectivity index (χ4v) is 1.36. The molecule has 2 nitrogen and oxygen atoms in total. The lowest BCUT2D eigenvalue weighted by Crippen LogP contribution is -2.02. The Bertz CT molecular complexity index is 345. The first-order valence-electron chi connectivity index (χ1n) is 3.78. The number of halogens is 1. The molecular weight excluding hydrogens is 188 g/mol. The molecule has 1 rings (SSSR count). The Hall–Kier alpha value is -1.28. The molecule has 0 aliphatic rings. The Kier molecular flexibility index (Phi) is 3.09. The van der Waals surface area contributed by atoms with E-state index in [1.807, 2.05) is 0 Å². The van der Waals surface area contributed by atoms with Crippen LogP contribution in [-0.4, -0.2) is 11.1 Å². The monoisotopic (exact) mass is 196 g/mol. The summed E-state index contributed by atoms with van der Waals surface area (Å²) in [7, 11) is 0. The van der Waals surface area contributed by atoms with Gasteiger partial charge in [-0.2, -0.15) is 0 Å². The van der Waals surface area contributed by atoms with Gasteiger partial charge in [-0.05, 0) is 24.1 Å². The zero-order valence-corrected chi connectivity index (χ0v) is 7.71. The summed E-state index contributed by atoms with van der Waals surface area (Å²) in [6.07, 6.45) is 2.11. The van der Waals surface area contributed by atoms with Crippen molar-refractivity contribution in [3.63, 3.8) is 0 Å². The number of hydrogen-bond donors (Lipinski definition) is 1. The zero-order valence-electron chi connectivity index (χ0n) is 6.96. The van der Waals surface area contributed by atoms with Gasteiger partial charge < -0.3 is 5.11 Å². The van der Waals surface area contributed by atoms with E-state index in [2.05, 4.69) is 6.58 Å². The van der Waals surface area contributed by atoms with Crippen LogP contribution in [0.15, 0.2) is 30.9 Å². The first-order chi connectivity index (χ1) is 6.16. The zero-order chi connectivity index (χ0) is 9.84. The minimum atomic E-state index is -0.959. The first kappa shape index (κ1) is 9.81. The summed E-state index contributed by atoms with van der Waals surface area (Å²) in [6, 6.07) is 4.83. The molecule has 0 amide bonds. The van der Waals surface area contributed by atoms with Gasteiger partial charge in [0.05, 0.1) is 5.56 Å². The maximum atomic E-state index is 10.8. The molecule has 13 heavy (non-hydrogen) atoms. The summed E-state index contributed by atoms with van der Waals surface area (Å²) in [5.74, 6) is -0.959. The van der Waals surface area contributed by atoms with Gasteiger partial charge in [-0.1, -0.05) is 23.7 Å². The highest BCUT2D eigenvalue weighted by Gasteiger charge is 2.10. The maximum absolute atomic E-state index is 10.8. The summed E-state index contributed by atoms with van der Waals surface area (Å²) < 4.78 is 0. The summed E-state index contributed by atoms with van der Waals surface area (Å²) in [4.78, 5) is 10.8. The number of rotatable bonds is 3. The second-order valence-corrected chi connectivity index (χ2v) is 2.97. The van der Waals surface area contributed by atoms with Crippen molar-refractivity contribution in [2.45, 2.75) is 6.42 Å². The second kappa shape index (κ2) is 4.10. The fraction of sp³-hybridized carbons (Fsp3) is 0.100. The molecule has 0 heterocycles. The molecular formula is C10H9ClO2. The van der Waals surface area contributed by atoms with Crippen LogP contribution < -0.4 is 0 Å². The largest absolute Gasteiger partial charge is 0.478 e. The molecule has 3 heteroatoms. The van der Waals surface area contributed by atoms with E-state index in [0.29, 0.717) is 17.0 Å². The Morgan fingerprint density at radius 1 is 1.62 bits per heavy atom. The van der Waals surface area contributed by atoms with Crippen LogP contribution in [0.2, 0.25) is 5.02 Å². The third-order valence-electron chi connectivity index (χ3n) is 1.70. The molecule has 0 aliphatic heterocycles. The van der Waals surface area contributed by atoms with E-state index in [1.165, 1.54) is 6.07 Å². The van der Waals surface area contributed by atoms with Crippen LogP contribution in [0.25, 0.3) is 0 Å². The van der Waals surface area contributed by atoms with E-state index in [4.69, 9.17) is 16.7 Å². The van der Waals surface area contributed by atoms with Gasteiger partial charge in [0.25, 0.3) is 0 Å². The SMILES string of the molecule is C=CCc1c(Cl)cccc1C(=O)O. The number of carboxylic acids is 1. The van der Waals surface area contributed by atoms with Gasteiger partial charge in [0.15, 0.2) is 0 Å². The van der Waals surface area contributed by atoms with E-state index >= 15 is 0 Å². The van der Waals surface area contributed by atoms with E-state index < -0.39 is 5.97 Å². The van der Waals surface area contributed by atoms with Crippen LogP contribution in [0.3, 0.4) is 0 Å². The minimum absolute atomic E-state index is 0.243. The van der Waals surface area contributed by atoms with Gasteiger partial charge in [0.1, 0.15) is 0 Å². The smallest absolute Gasteiger partial charge is 0.336 e. The molecule has 0 aromatic heterocycles. The minimum Gasteiger partial charge on any atom is -0.478 e. The number of aromatic carboxylic acids is 1. The Morgan fingerprint density at radius 2 is 2.31 bits per heavy atom. The standard InChI is InChI=1S/C10H9ClO2/c1-2-4-7-8(10(12)13)5-3-6-9(7)11/h2-3,5-6H,1,4H2,(H,12,13). The summed E-state index contributed by atoms with van der Waals surface area (Å²) in [5, 5.41) is 9.30.